The first-order valence-corrected chi connectivity index (χ1v) is 10.7. The van der Waals surface area contributed by atoms with E-state index < -0.39 is 10.0 Å². The fourth-order valence-corrected chi connectivity index (χ4v) is 3.66. The van der Waals surface area contributed by atoms with Gasteiger partial charge in [-0.25, -0.2) is 13.1 Å². The van der Waals surface area contributed by atoms with Crippen molar-refractivity contribution in [3.05, 3.63) is 96.1 Å². The predicted octanol–water partition coefficient (Wildman–Crippen LogP) is 3.83. The molecular formula is C23H22N2O4S. The van der Waals surface area contributed by atoms with Gasteiger partial charge in [-0.1, -0.05) is 42.5 Å². The molecule has 30 heavy (non-hydrogen) atoms. The second-order valence-electron chi connectivity index (χ2n) is 6.43. The van der Waals surface area contributed by atoms with Gasteiger partial charge in [0.1, 0.15) is 5.75 Å². The molecule has 0 radical (unpaired) electrons. The van der Waals surface area contributed by atoms with E-state index >= 15 is 0 Å². The van der Waals surface area contributed by atoms with Crippen molar-refractivity contribution in [3.8, 4) is 5.75 Å². The highest BCUT2D eigenvalue weighted by molar-refractivity contribution is 7.89. The third-order valence-corrected chi connectivity index (χ3v) is 5.70. The second kappa shape index (κ2) is 9.87. The van der Waals surface area contributed by atoms with Crippen molar-refractivity contribution < 1.29 is 17.9 Å². The summed E-state index contributed by atoms with van der Waals surface area (Å²) in [5, 5.41) is 2.71. The predicted molar refractivity (Wildman–Crippen MR) is 118 cm³/mol. The fraction of sp³-hybridized carbons (Fsp3) is 0.0870. The molecule has 6 nitrogen and oxygen atoms in total. The van der Waals surface area contributed by atoms with Crippen molar-refractivity contribution >= 4 is 27.7 Å². The van der Waals surface area contributed by atoms with Gasteiger partial charge in [-0.3, -0.25) is 4.79 Å². The van der Waals surface area contributed by atoms with Crippen LogP contribution in [0.3, 0.4) is 0 Å². The molecule has 0 atom stereocenters. The Morgan fingerprint density at radius 3 is 2.23 bits per heavy atom. The number of carbonyl (C=O) groups is 1. The van der Waals surface area contributed by atoms with Crippen LogP contribution in [0.15, 0.2) is 89.8 Å². The molecule has 0 saturated heterocycles. The van der Waals surface area contributed by atoms with Gasteiger partial charge in [0, 0.05) is 18.3 Å². The molecule has 0 aliphatic carbocycles. The lowest BCUT2D eigenvalue weighted by Gasteiger charge is -2.08. The highest BCUT2D eigenvalue weighted by Gasteiger charge is 2.13. The molecule has 0 heterocycles. The second-order valence-corrected chi connectivity index (χ2v) is 8.20. The topological polar surface area (TPSA) is 84.5 Å². The number of carbonyl (C=O) groups excluding carboxylic acids is 1. The van der Waals surface area contributed by atoms with Gasteiger partial charge in [0.05, 0.1) is 12.0 Å². The number of hydrogen-bond donors (Lipinski definition) is 2. The quantitative estimate of drug-likeness (QED) is 0.541. The van der Waals surface area contributed by atoms with Crippen molar-refractivity contribution in [2.45, 2.75) is 11.4 Å². The first-order chi connectivity index (χ1) is 14.5. The normalized spacial score (nSPS) is 11.4. The summed E-state index contributed by atoms with van der Waals surface area (Å²) in [5.74, 6) is 0.425. The summed E-state index contributed by atoms with van der Waals surface area (Å²) < 4.78 is 32.5. The zero-order valence-corrected chi connectivity index (χ0v) is 17.2. The fourth-order valence-electron chi connectivity index (χ4n) is 2.65. The molecule has 0 aliphatic heterocycles. The minimum atomic E-state index is -3.64. The molecule has 0 aliphatic rings. The molecule has 0 saturated carbocycles. The molecule has 0 spiro atoms. The Bertz CT molecular complexity index is 1110. The minimum absolute atomic E-state index is 0.130. The van der Waals surface area contributed by atoms with Crippen molar-refractivity contribution in [2.75, 3.05) is 12.4 Å². The standard InChI is InChI=1S/C23H22N2O4S/c1-29-21-12-7-18(8-13-21)9-16-23(26)25-20-10-14-22(15-11-20)30(27,28)24-17-19-5-3-2-4-6-19/h2-16,24H,17H2,1H3,(H,25,26). The van der Waals surface area contributed by atoms with Crippen molar-refractivity contribution in [1.29, 1.82) is 0 Å². The van der Waals surface area contributed by atoms with E-state index in [2.05, 4.69) is 10.0 Å². The summed E-state index contributed by atoms with van der Waals surface area (Å²) in [6.45, 7) is 0.206. The van der Waals surface area contributed by atoms with Crippen LogP contribution >= 0.6 is 0 Å². The van der Waals surface area contributed by atoms with Crippen LogP contribution in [0.25, 0.3) is 6.08 Å². The van der Waals surface area contributed by atoms with Crippen LogP contribution in [0, 0.1) is 0 Å². The van der Waals surface area contributed by atoms with E-state index in [0.717, 1.165) is 16.9 Å². The number of benzene rings is 3. The minimum Gasteiger partial charge on any atom is -0.497 e. The summed E-state index contributed by atoms with van der Waals surface area (Å²) in [4.78, 5) is 12.2. The van der Waals surface area contributed by atoms with E-state index in [9.17, 15) is 13.2 Å². The molecule has 0 bridgehead atoms. The van der Waals surface area contributed by atoms with Crippen molar-refractivity contribution in [2.24, 2.45) is 0 Å². The van der Waals surface area contributed by atoms with Gasteiger partial charge >= 0.3 is 0 Å². The third-order valence-electron chi connectivity index (χ3n) is 4.28. The maximum Gasteiger partial charge on any atom is 0.248 e. The van der Waals surface area contributed by atoms with E-state index in [4.69, 9.17) is 4.74 Å². The van der Waals surface area contributed by atoms with Crippen LogP contribution in [-0.2, 0) is 21.4 Å². The van der Waals surface area contributed by atoms with Crippen molar-refractivity contribution in [1.82, 2.24) is 4.72 Å². The molecule has 7 heteroatoms. The number of anilines is 1. The summed E-state index contributed by atoms with van der Waals surface area (Å²) in [6, 6.07) is 22.6. The molecule has 3 aromatic rings. The lowest BCUT2D eigenvalue weighted by Crippen LogP contribution is -2.23. The summed E-state index contributed by atoms with van der Waals surface area (Å²) in [6.07, 6.45) is 3.09. The van der Waals surface area contributed by atoms with Gasteiger partial charge in [0.2, 0.25) is 15.9 Å². The summed E-state index contributed by atoms with van der Waals surface area (Å²) in [5.41, 5.74) is 2.23. The van der Waals surface area contributed by atoms with E-state index in [-0.39, 0.29) is 17.3 Å². The number of rotatable bonds is 8. The smallest absolute Gasteiger partial charge is 0.248 e. The number of ether oxygens (including phenoxy) is 1. The van der Waals surface area contributed by atoms with E-state index in [0.29, 0.717) is 5.69 Å². The zero-order valence-electron chi connectivity index (χ0n) is 16.4. The average molecular weight is 423 g/mol. The molecule has 0 aromatic heterocycles. The highest BCUT2D eigenvalue weighted by atomic mass is 32.2. The maximum atomic E-state index is 12.4. The van der Waals surface area contributed by atoms with Crippen LogP contribution in [0.1, 0.15) is 11.1 Å². The van der Waals surface area contributed by atoms with Crippen LogP contribution < -0.4 is 14.8 Å². The summed E-state index contributed by atoms with van der Waals surface area (Å²) >= 11 is 0. The monoisotopic (exact) mass is 422 g/mol. The molecule has 0 unspecified atom stereocenters. The summed E-state index contributed by atoms with van der Waals surface area (Å²) in [7, 11) is -2.05. The Labute approximate surface area is 176 Å². The number of sulfonamides is 1. The van der Waals surface area contributed by atoms with Crippen LogP contribution in [0.5, 0.6) is 5.75 Å². The molecule has 154 valence electrons. The maximum absolute atomic E-state index is 12.4. The SMILES string of the molecule is COc1ccc(C=CC(=O)Nc2ccc(S(=O)(=O)NCc3ccccc3)cc2)cc1. The molecule has 1 amide bonds. The largest absolute Gasteiger partial charge is 0.497 e. The van der Waals surface area contributed by atoms with Gasteiger partial charge in [-0.2, -0.15) is 0 Å². The van der Waals surface area contributed by atoms with E-state index in [1.165, 1.54) is 18.2 Å². The Morgan fingerprint density at radius 2 is 1.60 bits per heavy atom. The number of methoxy groups -OCH3 is 1. The van der Waals surface area contributed by atoms with Gasteiger partial charge in [-0.15, -0.1) is 0 Å². The van der Waals surface area contributed by atoms with Crippen LogP contribution in [-0.4, -0.2) is 21.4 Å². The van der Waals surface area contributed by atoms with Crippen LogP contribution in [0.2, 0.25) is 0 Å². The first kappa shape index (κ1) is 21.3. The molecule has 3 rings (SSSR count). The molecular weight excluding hydrogens is 400 g/mol. The Kier molecular flexibility index (Phi) is 7.00. The lowest BCUT2D eigenvalue weighted by molar-refractivity contribution is -0.111. The number of amides is 1. The molecule has 3 aromatic carbocycles. The Morgan fingerprint density at radius 1 is 0.933 bits per heavy atom. The Hall–Kier alpha value is -3.42. The number of nitrogens with one attached hydrogen (secondary N) is 2. The molecule has 2 N–H and O–H groups in total. The average Bonchev–Trinajstić information content (AvgIpc) is 2.78. The number of hydrogen-bond acceptors (Lipinski definition) is 4. The van der Waals surface area contributed by atoms with Crippen LogP contribution in [0.4, 0.5) is 5.69 Å². The third kappa shape index (κ3) is 6.04. The van der Waals surface area contributed by atoms with Crippen molar-refractivity contribution in [3.63, 3.8) is 0 Å². The van der Waals surface area contributed by atoms with Gasteiger partial charge < -0.3 is 10.1 Å². The van der Waals surface area contributed by atoms with Gasteiger partial charge in [-0.05, 0) is 53.6 Å². The van der Waals surface area contributed by atoms with Gasteiger partial charge in [0.25, 0.3) is 0 Å². The Balaban J connectivity index is 1.57. The lowest BCUT2D eigenvalue weighted by atomic mass is 10.2. The van der Waals surface area contributed by atoms with Gasteiger partial charge in [0.15, 0.2) is 0 Å². The zero-order chi connectivity index (χ0) is 21.4. The highest BCUT2D eigenvalue weighted by Crippen LogP contribution is 2.15. The van der Waals surface area contributed by atoms with E-state index in [1.54, 1.807) is 25.3 Å². The van der Waals surface area contributed by atoms with E-state index in [1.807, 2.05) is 54.6 Å². The molecule has 0 fully saturated rings. The first-order valence-electron chi connectivity index (χ1n) is 9.23.